The van der Waals surface area contributed by atoms with Crippen LogP contribution in [-0.2, 0) is 6.54 Å². The first-order chi connectivity index (χ1) is 11.2. The van der Waals surface area contributed by atoms with Gasteiger partial charge in [0.25, 0.3) is 0 Å². The summed E-state index contributed by atoms with van der Waals surface area (Å²) in [5.41, 5.74) is 4.41. The summed E-state index contributed by atoms with van der Waals surface area (Å²) in [6, 6.07) is 12.1. The van der Waals surface area contributed by atoms with Crippen molar-refractivity contribution in [1.29, 1.82) is 0 Å². The Balaban J connectivity index is 2.02. The zero-order valence-electron chi connectivity index (χ0n) is 12.0. The van der Waals surface area contributed by atoms with Crippen LogP contribution in [0.5, 0.6) is 0 Å². The van der Waals surface area contributed by atoms with Crippen molar-refractivity contribution in [2.75, 3.05) is 0 Å². The molecule has 0 amide bonds. The third kappa shape index (κ3) is 2.41. The minimum absolute atomic E-state index is 0.302. The van der Waals surface area contributed by atoms with E-state index in [1.165, 1.54) is 12.4 Å². The predicted octanol–water partition coefficient (Wildman–Crippen LogP) is 4.29. The smallest absolute Gasteiger partial charge is 0.132 e. The van der Waals surface area contributed by atoms with Crippen molar-refractivity contribution in [2.45, 2.75) is 6.54 Å². The highest BCUT2D eigenvalue weighted by Gasteiger charge is 2.21. The van der Waals surface area contributed by atoms with Gasteiger partial charge in [-0.2, -0.15) is 0 Å². The molecule has 1 aliphatic heterocycles. The molecule has 0 spiro atoms. The van der Waals surface area contributed by atoms with Crippen molar-refractivity contribution >= 4 is 17.3 Å². The third-order valence-electron chi connectivity index (χ3n) is 3.82. The first-order valence-electron chi connectivity index (χ1n) is 7.12. The number of benzene rings is 2. The monoisotopic (exact) mass is 323 g/mol. The maximum absolute atomic E-state index is 14.3. The van der Waals surface area contributed by atoms with E-state index in [-0.39, 0.29) is 5.82 Å². The lowest BCUT2D eigenvalue weighted by atomic mass is 9.95. The summed E-state index contributed by atoms with van der Waals surface area (Å²) < 4.78 is 14.3. The van der Waals surface area contributed by atoms with Crippen LogP contribution in [-0.4, -0.2) is 15.7 Å². The van der Waals surface area contributed by atoms with Crippen molar-refractivity contribution < 1.29 is 4.39 Å². The first-order valence-corrected chi connectivity index (χ1v) is 7.50. The lowest BCUT2D eigenvalue weighted by Crippen LogP contribution is -2.07. The summed E-state index contributed by atoms with van der Waals surface area (Å²) in [4.78, 5) is 13.1. The summed E-state index contributed by atoms with van der Waals surface area (Å²) in [7, 11) is 0. The second kappa shape index (κ2) is 5.56. The lowest BCUT2D eigenvalue weighted by Gasteiger charge is -2.11. The molecule has 0 bridgehead atoms. The van der Waals surface area contributed by atoms with Crippen LogP contribution in [0.4, 0.5) is 4.39 Å². The molecule has 0 N–H and O–H groups in total. The summed E-state index contributed by atoms with van der Waals surface area (Å²) in [6.45, 7) is 0.395. The molecule has 112 valence electrons. The average Bonchev–Trinajstić information content (AvgIpc) is 2.73. The van der Waals surface area contributed by atoms with Crippen molar-refractivity contribution in [3.05, 3.63) is 82.5 Å². The van der Waals surface area contributed by atoms with E-state index >= 15 is 0 Å². The van der Waals surface area contributed by atoms with Gasteiger partial charge in [0, 0.05) is 33.5 Å². The fourth-order valence-electron chi connectivity index (χ4n) is 2.77. The molecular weight excluding hydrogens is 313 g/mol. The van der Waals surface area contributed by atoms with Gasteiger partial charge in [-0.25, -0.2) is 14.4 Å². The topological polar surface area (TPSA) is 38.1 Å². The van der Waals surface area contributed by atoms with Crippen LogP contribution in [0.2, 0.25) is 5.02 Å². The normalized spacial score (nSPS) is 12.9. The minimum Gasteiger partial charge on any atom is -0.279 e. The molecule has 0 atom stereocenters. The molecule has 0 fully saturated rings. The molecule has 2 aromatic carbocycles. The Kier molecular flexibility index (Phi) is 3.39. The predicted molar refractivity (Wildman–Crippen MR) is 88.2 cm³/mol. The van der Waals surface area contributed by atoms with Crippen molar-refractivity contribution in [2.24, 2.45) is 4.99 Å². The van der Waals surface area contributed by atoms with Gasteiger partial charge in [-0.15, -0.1) is 0 Å². The maximum Gasteiger partial charge on any atom is 0.132 e. The number of nitrogens with zero attached hydrogens (tertiary/aromatic N) is 3. The molecule has 2 heterocycles. The summed E-state index contributed by atoms with van der Waals surface area (Å²) in [5.74, 6) is -0.302. The van der Waals surface area contributed by atoms with Crippen molar-refractivity contribution in [1.82, 2.24) is 9.97 Å². The van der Waals surface area contributed by atoms with E-state index in [1.54, 1.807) is 30.5 Å². The van der Waals surface area contributed by atoms with Gasteiger partial charge in [-0.3, -0.25) is 4.99 Å². The second-order valence-electron chi connectivity index (χ2n) is 5.23. The molecule has 0 unspecified atom stereocenters. The van der Waals surface area contributed by atoms with Crippen LogP contribution in [0.15, 0.2) is 60.0 Å². The largest absolute Gasteiger partial charge is 0.279 e. The number of aromatic nitrogens is 2. The summed E-state index contributed by atoms with van der Waals surface area (Å²) in [6.07, 6.45) is 3.23. The Hall–Kier alpha value is -2.59. The number of rotatable bonds is 1. The molecule has 3 nitrogen and oxygen atoms in total. The molecule has 3 aromatic rings. The lowest BCUT2D eigenvalue weighted by molar-refractivity contribution is 0.625. The van der Waals surface area contributed by atoms with Gasteiger partial charge in [0.2, 0.25) is 0 Å². The van der Waals surface area contributed by atoms with Gasteiger partial charge in [0.15, 0.2) is 0 Å². The second-order valence-corrected chi connectivity index (χ2v) is 5.67. The number of hydrogen-bond acceptors (Lipinski definition) is 3. The fourth-order valence-corrected chi connectivity index (χ4v) is 2.94. The van der Waals surface area contributed by atoms with Gasteiger partial charge >= 0.3 is 0 Å². The van der Waals surface area contributed by atoms with Gasteiger partial charge < -0.3 is 0 Å². The summed E-state index contributed by atoms with van der Waals surface area (Å²) in [5, 5.41) is 0.600. The third-order valence-corrected chi connectivity index (χ3v) is 4.05. The highest BCUT2D eigenvalue weighted by atomic mass is 35.5. The molecule has 1 aliphatic rings. The number of halogens is 2. The van der Waals surface area contributed by atoms with Gasteiger partial charge in [-0.1, -0.05) is 29.8 Å². The quantitative estimate of drug-likeness (QED) is 0.670. The molecule has 5 heteroatoms. The standard InChI is InChI=1S/C18H11ClFN3/c19-12-5-6-13-15(7-12)17-11(8-21-10-23-17)9-22-18(13)14-3-1-2-4-16(14)20/h1-8,10H,9H2. The van der Waals surface area contributed by atoms with E-state index in [0.717, 1.165) is 22.4 Å². The number of hydrogen-bond donors (Lipinski definition) is 0. The van der Waals surface area contributed by atoms with E-state index < -0.39 is 0 Å². The molecule has 23 heavy (non-hydrogen) atoms. The van der Waals surface area contributed by atoms with E-state index in [9.17, 15) is 4.39 Å². The number of aliphatic imine (C=N–C) groups is 1. The van der Waals surface area contributed by atoms with E-state index in [4.69, 9.17) is 11.6 Å². The highest BCUT2D eigenvalue weighted by Crippen LogP contribution is 2.33. The van der Waals surface area contributed by atoms with Crippen LogP contribution in [0, 0.1) is 5.82 Å². The Morgan fingerprint density at radius 1 is 1.00 bits per heavy atom. The van der Waals surface area contributed by atoms with Gasteiger partial charge in [-0.05, 0) is 24.3 Å². The van der Waals surface area contributed by atoms with E-state index in [2.05, 4.69) is 15.0 Å². The van der Waals surface area contributed by atoms with Gasteiger partial charge in [0.1, 0.15) is 12.1 Å². The van der Waals surface area contributed by atoms with Crippen LogP contribution in [0.25, 0.3) is 11.3 Å². The molecule has 4 rings (SSSR count). The van der Waals surface area contributed by atoms with Crippen LogP contribution < -0.4 is 0 Å². The molecule has 0 saturated heterocycles. The Labute approximate surface area is 137 Å². The van der Waals surface area contributed by atoms with E-state index in [1.807, 2.05) is 12.1 Å². The molecular formula is C18H11ClFN3. The Morgan fingerprint density at radius 3 is 2.74 bits per heavy atom. The Bertz CT molecular complexity index is 937. The van der Waals surface area contributed by atoms with E-state index in [0.29, 0.717) is 22.8 Å². The molecule has 0 saturated carbocycles. The van der Waals surface area contributed by atoms with Crippen LogP contribution in [0.3, 0.4) is 0 Å². The first kappa shape index (κ1) is 14.0. The highest BCUT2D eigenvalue weighted by molar-refractivity contribution is 6.31. The zero-order chi connectivity index (χ0) is 15.8. The minimum atomic E-state index is -0.302. The van der Waals surface area contributed by atoms with Crippen molar-refractivity contribution in [3.63, 3.8) is 0 Å². The molecule has 0 radical (unpaired) electrons. The fraction of sp³-hybridized carbons (Fsp3) is 0.0556. The number of fused-ring (bicyclic) bond motifs is 3. The molecule has 1 aromatic heterocycles. The van der Waals surface area contributed by atoms with Crippen molar-refractivity contribution in [3.8, 4) is 11.3 Å². The van der Waals surface area contributed by atoms with Crippen LogP contribution >= 0.6 is 11.6 Å². The Morgan fingerprint density at radius 2 is 1.87 bits per heavy atom. The average molecular weight is 324 g/mol. The SMILES string of the molecule is Fc1ccccc1C1=NCc2cncnc2-c2cc(Cl)ccc21. The maximum atomic E-state index is 14.3. The zero-order valence-corrected chi connectivity index (χ0v) is 12.8. The van der Waals surface area contributed by atoms with Gasteiger partial charge in [0.05, 0.1) is 18.0 Å². The summed E-state index contributed by atoms with van der Waals surface area (Å²) >= 11 is 6.16. The molecule has 0 aliphatic carbocycles. The van der Waals surface area contributed by atoms with Crippen LogP contribution in [0.1, 0.15) is 16.7 Å².